The van der Waals surface area contributed by atoms with E-state index in [1.807, 2.05) is 11.8 Å². The zero-order chi connectivity index (χ0) is 13.4. The Labute approximate surface area is 117 Å². The van der Waals surface area contributed by atoms with E-state index in [-0.39, 0.29) is 0 Å². The minimum atomic E-state index is 0.321. The summed E-state index contributed by atoms with van der Waals surface area (Å²) in [5.41, 5.74) is 8.86. The minimum Gasteiger partial charge on any atom is -0.330 e. The second-order valence-corrected chi connectivity index (χ2v) is 6.97. The average molecular weight is 265 g/mol. The lowest BCUT2D eigenvalue weighted by molar-refractivity contribution is 0.336. The third-order valence-corrected chi connectivity index (χ3v) is 4.41. The maximum Gasteiger partial charge on any atom is 0.0184 e. The van der Waals surface area contributed by atoms with Crippen LogP contribution in [-0.2, 0) is 5.75 Å². The fourth-order valence-electron chi connectivity index (χ4n) is 1.90. The monoisotopic (exact) mass is 265 g/mol. The quantitative estimate of drug-likeness (QED) is 0.706. The van der Waals surface area contributed by atoms with E-state index in [0.29, 0.717) is 5.41 Å². The molecule has 2 N–H and O–H groups in total. The number of nitrogens with two attached hydrogens (primary N) is 1. The lowest BCUT2D eigenvalue weighted by Crippen LogP contribution is -2.23. The van der Waals surface area contributed by atoms with Gasteiger partial charge < -0.3 is 5.73 Å². The highest BCUT2D eigenvalue weighted by Gasteiger charge is 2.14. The van der Waals surface area contributed by atoms with Crippen LogP contribution in [0.5, 0.6) is 0 Å². The molecule has 0 aromatic heterocycles. The van der Waals surface area contributed by atoms with E-state index >= 15 is 0 Å². The number of rotatable bonds is 8. The SMILES string of the molecule is Cc1cccc(CSCCCCC(C)(C)CN)c1. The topological polar surface area (TPSA) is 26.0 Å². The molecule has 102 valence electrons. The van der Waals surface area contributed by atoms with E-state index in [0.717, 1.165) is 12.3 Å². The molecule has 0 aliphatic heterocycles. The summed E-state index contributed by atoms with van der Waals surface area (Å²) in [6.45, 7) is 7.46. The lowest BCUT2D eigenvalue weighted by atomic mass is 9.88. The first-order chi connectivity index (χ1) is 8.53. The highest BCUT2D eigenvalue weighted by molar-refractivity contribution is 7.98. The Kier molecular flexibility index (Phi) is 6.80. The first kappa shape index (κ1) is 15.6. The normalized spacial score (nSPS) is 11.8. The summed E-state index contributed by atoms with van der Waals surface area (Å²) in [5.74, 6) is 2.40. The summed E-state index contributed by atoms with van der Waals surface area (Å²) >= 11 is 2.04. The second kappa shape index (κ2) is 7.85. The maximum atomic E-state index is 5.73. The van der Waals surface area contributed by atoms with Crippen molar-refractivity contribution in [2.45, 2.75) is 45.8 Å². The lowest BCUT2D eigenvalue weighted by Gasteiger charge is -2.21. The van der Waals surface area contributed by atoms with Crippen LogP contribution in [0.25, 0.3) is 0 Å². The van der Waals surface area contributed by atoms with E-state index < -0.39 is 0 Å². The highest BCUT2D eigenvalue weighted by Crippen LogP contribution is 2.22. The van der Waals surface area contributed by atoms with E-state index in [1.165, 1.54) is 36.1 Å². The third-order valence-electron chi connectivity index (χ3n) is 3.30. The van der Waals surface area contributed by atoms with Crippen LogP contribution in [0.4, 0.5) is 0 Å². The molecular weight excluding hydrogens is 238 g/mol. The standard InChI is InChI=1S/C16H27NS/c1-14-7-6-8-15(11-14)12-18-10-5-4-9-16(2,3)13-17/h6-8,11H,4-5,9-10,12-13,17H2,1-3H3. The Morgan fingerprint density at radius 2 is 2.00 bits per heavy atom. The predicted octanol–water partition coefficient (Wildman–Crippen LogP) is 4.38. The molecule has 0 radical (unpaired) electrons. The number of hydrogen-bond donors (Lipinski definition) is 1. The third kappa shape index (κ3) is 6.46. The van der Waals surface area contributed by atoms with Crippen molar-refractivity contribution in [3.8, 4) is 0 Å². The summed E-state index contributed by atoms with van der Waals surface area (Å²) < 4.78 is 0. The first-order valence-electron chi connectivity index (χ1n) is 6.87. The van der Waals surface area contributed by atoms with Gasteiger partial charge in [-0.25, -0.2) is 0 Å². The van der Waals surface area contributed by atoms with Crippen LogP contribution < -0.4 is 5.73 Å². The first-order valence-corrected chi connectivity index (χ1v) is 8.02. The smallest absolute Gasteiger partial charge is 0.0184 e. The van der Waals surface area contributed by atoms with Crippen molar-refractivity contribution in [3.63, 3.8) is 0 Å². The molecule has 0 amide bonds. The number of unbranched alkanes of at least 4 members (excludes halogenated alkanes) is 1. The molecule has 0 saturated carbocycles. The number of hydrogen-bond acceptors (Lipinski definition) is 2. The maximum absolute atomic E-state index is 5.73. The number of thioether (sulfide) groups is 1. The average Bonchev–Trinajstić information content (AvgIpc) is 2.34. The summed E-state index contributed by atoms with van der Waals surface area (Å²) in [6, 6.07) is 8.81. The molecule has 0 saturated heterocycles. The molecule has 1 aromatic carbocycles. The van der Waals surface area contributed by atoms with Crippen LogP contribution >= 0.6 is 11.8 Å². The molecule has 0 aliphatic carbocycles. The molecule has 0 unspecified atom stereocenters. The van der Waals surface area contributed by atoms with Gasteiger partial charge in [0, 0.05) is 5.75 Å². The van der Waals surface area contributed by atoms with Gasteiger partial charge in [0.05, 0.1) is 0 Å². The van der Waals surface area contributed by atoms with Gasteiger partial charge in [-0.1, -0.05) is 50.1 Å². The van der Waals surface area contributed by atoms with Gasteiger partial charge in [0.2, 0.25) is 0 Å². The van der Waals surface area contributed by atoms with Gasteiger partial charge in [-0.05, 0) is 43.0 Å². The Balaban J connectivity index is 2.09. The summed E-state index contributed by atoms with van der Waals surface area (Å²) in [7, 11) is 0. The summed E-state index contributed by atoms with van der Waals surface area (Å²) in [5, 5.41) is 0. The molecule has 1 nitrogen and oxygen atoms in total. The predicted molar refractivity (Wildman–Crippen MR) is 84.0 cm³/mol. The van der Waals surface area contributed by atoms with Crippen molar-refractivity contribution in [3.05, 3.63) is 35.4 Å². The molecule has 18 heavy (non-hydrogen) atoms. The van der Waals surface area contributed by atoms with E-state index in [2.05, 4.69) is 45.0 Å². The van der Waals surface area contributed by atoms with Gasteiger partial charge in [0.25, 0.3) is 0 Å². The van der Waals surface area contributed by atoms with Crippen LogP contribution in [-0.4, -0.2) is 12.3 Å². The van der Waals surface area contributed by atoms with Crippen molar-refractivity contribution in [1.29, 1.82) is 0 Å². The Bertz CT molecular complexity index is 347. The van der Waals surface area contributed by atoms with Gasteiger partial charge in [-0.3, -0.25) is 0 Å². The minimum absolute atomic E-state index is 0.321. The van der Waals surface area contributed by atoms with Crippen molar-refractivity contribution in [2.24, 2.45) is 11.1 Å². The van der Waals surface area contributed by atoms with Crippen molar-refractivity contribution in [1.82, 2.24) is 0 Å². The molecule has 1 rings (SSSR count). The molecule has 0 aliphatic rings. The van der Waals surface area contributed by atoms with Gasteiger partial charge in [0.1, 0.15) is 0 Å². The van der Waals surface area contributed by atoms with Crippen LogP contribution in [0.2, 0.25) is 0 Å². The molecule has 0 bridgehead atoms. The molecule has 2 heteroatoms. The Hall–Kier alpha value is -0.470. The van der Waals surface area contributed by atoms with Crippen LogP contribution in [0.15, 0.2) is 24.3 Å². The second-order valence-electron chi connectivity index (χ2n) is 5.87. The molecule has 0 spiro atoms. The fraction of sp³-hybridized carbons (Fsp3) is 0.625. The van der Waals surface area contributed by atoms with Crippen LogP contribution in [0.1, 0.15) is 44.2 Å². The molecule has 0 atom stereocenters. The molecule has 1 aromatic rings. The number of aryl methyl sites for hydroxylation is 1. The largest absolute Gasteiger partial charge is 0.330 e. The summed E-state index contributed by atoms with van der Waals surface area (Å²) in [4.78, 5) is 0. The molecular formula is C16H27NS. The van der Waals surface area contributed by atoms with Crippen molar-refractivity contribution >= 4 is 11.8 Å². The zero-order valence-electron chi connectivity index (χ0n) is 12.0. The van der Waals surface area contributed by atoms with Crippen molar-refractivity contribution in [2.75, 3.05) is 12.3 Å². The van der Waals surface area contributed by atoms with Crippen LogP contribution in [0.3, 0.4) is 0 Å². The zero-order valence-corrected chi connectivity index (χ0v) is 12.9. The van der Waals surface area contributed by atoms with Gasteiger partial charge in [-0.2, -0.15) is 11.8 Å². The van der Waals surface area contributed by atoms with Crippen molar-refractivity contribution < 1.29 is 0 Å². The fourth-order valence-corrected chi connectivity index (χ4v) is 2.87. The van der Waals surface area contributed by atoms with E-state index in [9.17, 15) is 0 Å². The number of benzene rings is 1. The summed E-state index contributed by atoms with van der Waals surface area (Å²) in [6.07, 6.45) is 3.85. The van der Waals surface area contributed by atoms with Gasteiger partial charge >= 0.3 is 0 Å². The Morgan fingerprint density at radius 3 is 2.67 bits per heavy atom. The van der Waals surface area contributed by atoms with Gasteiger partial charge in [-0.15, -0.1) is 0 Å². The molecule has 0 fully saturated rings. The molecule has 0 heterocycles. The van der Waals surface area contributed by atoms with Crippen LogP contribution in [0, 0.1) is 12.3 Å². The Morgan fingerprint density at radius 1 is 1.22 bits per heavy atom. The highest BCUT2D eigenvalue weighted by atomic mass is 32.2. The van der Waals surface area contributed by atoms with E-state index in [1.54, 1.807) is 0 Å². The van der Waals surface area contributed by atoms with Gasteiger partial charge in [0.15, 0.2) is 0 Å². The van der Waals surface area contributed by atoms with E-state index in [4.69, 9.17) is 5.73 Å².